The van der Waals surface area contributed by atoms with Gasteiger partial charge >= 0.3 is 0 Å². The van der Waals surface area contributed by atoms with Gasteiger partial charge in [0.25, 0.3) is 5.91 Å². The van der Waals surface area contributed by atoms with Crippen LogP contribution in [0.1, 0.15) is 46.4 Å². The summed E-state index contributed by atoms with van der Waals surface area (Å²) in [5, 5.41) is 12.7. The molecule has 4 nitrogen and oxygen atoms in total. The van der Waals surface area contributed by atoms with Crippen molar-refractivity contribution in [1.82, 2.24) is 10.3 Å². The lowest BCUT2D eigenvalue weighted by Crippen LogP contribution is -2.23. The van der Waals surface area contributed by atoms with E-state index in [1.807, 2.05) is 26.0 Å². The van der Waals surface area contributed by atoms with Crippen LogP contribution in [0.3, 0.4) is 0 Å². The van der Waals surface area contributed by atoms with Crippen molar-refractivity contribution in [3.8, 4) is 16.5 Å². The number of halogens is 1. The molecule has 0 saturated heterocycles. The van der Waals surface area contributed by atoms with Crippen molar-refractivity contribution >= 4 is 17.2 Å². The van der Waals surface area contributed by atoms with E-state index in [0.717, 1.165) is 21.0 Å². The van der Waals surface area contributed by atoms with E-state index in [1.165, 1.54) is 23.5 Å². The smallest absolute Gasteiger partial charge is 0.271 e. The van der Waals surface area contributed by atoms with Crippen LogP contribution in [-0.4, -0.2) is 10.9 Å². The maximum atomic E-state index is 13.0. The highest BCUT2D eigenvalue weighted by atomic mass is 32.1. The third-order valence-corrected chi connectivity index (χ3v) is 5.40. The Balaban J connectivity index is 1.87. The number of nitrogens with zero attached hydrogens (tertiary/aromatic N) is 2. The van der Waals surface area contributed by atoms with Crippen molar-refractivity contribution in [3.63, 3.8) is 0 Å². The number of carbonyl (C=O) groups excluding carboxylic acids is 1. The highest BCUT2D eigenvalue weighted by Gasteiger charge is 2.20. The van der Waals surface area contributed by atoms with E-state index in [1.54, 1.807) is 24.3 Å². The number of thiazole rings is 1. The predicted octanol–water partition coefficient (Wildman–Crippen LogP) is 4.87. The van der Waals surface area contributed by atoms with Crippen molar-refractivity contribution in [2.75, 3.05) is 0 Å². The Bertz CT molecular complexity index is 986. The van der Waals surface area contributed by atoms with Crippen LogP contribution < -0.4 is 5.32 Å². The lowest BCUT2D eigenvalue weighted by molar-refractivity contribution is 0.0947. The van der Waals surface area contributed by atoms with E-state index >= 15 is 0 Å². The van der Waals surface area contributed by atoms with Crippen LogP contribution in [0.25, 0.3) is 10.4 Å². The highest BCUT2D eigenvalue weighted by molar-refractivity contribution is 7.15. The monoisotopic (exact) mass is 379 g/mol. The molecule has 0 spiro atoms. The molecule has 136 valence electrons. The summed E-state index contributed by atoms with van der Waals surface area (Å²) in [6.45, 7) is 4.35. The van der Waals surface area contributed by atoms with Crippen LogP contribution in [-0.2, 0) is 6.54 Å². The van der Waals surface area contributed by atoms with Crippen LogP contribution in [0.15, 0.2) is 48.5 Å². The first-order valence-electron chi connectivity index (χ1n) is 8.52. The predicted molar refractivity (Wildman–Crippen MR) is 104 cm³/mol. The van der Waals surface area contributed by atoms with Gasteiger partial charge in [-0.15, -0.1) is 11.3 Å². The molecule has 0 aliphatic heterocycles. The lowest BCUT2D eigenvalue weighted by atomic mass is 10.1. The topological polar surface area (TPSA) is 65.8 Å². The van der Waals surface area contributed by atoms with Crippen molar-refractivity contribution in [2.24, 2.45) is 0 Å². The molecule has 0 aliphatic carbocycles. The van der Waals surface area contributed by atoms with Crippen LogP contribution >= 0.6 is 11.3 Å². The van der Waals surface area contributed by atoms with Crippen LogP contribution in [0.2, 0.25) is 0 Å². The van der Waals surface area contributed by atoms with Crippen molar-refractivity contribution < 1.29 is 9.18 Å². The fourth-order valence-corrected chi connectivity index (χ4v) is 3.57. The third kappa shape index (κ3) is 4.39. The van der Waals surface area contributed by atoms with Crippen molar-refractivity contribution in [2.45, 2.75) is 26.3 Å². The maximum absolute atomic E-state index is 13.0. The molecule has 0 saturated carbocycles. The molecule has 27 heavy (non-hydrogen) atoms. The Morgan fingerprint density at radius 1 is 1.19 bits per heavy atom. The Hall–Kier alpha value is -3.04. The molecule has 1 N–H and O–H groups in total. The number of amides is 1. The van der Waals surface area contributed by atoms with Gasteiger partial charge in [0.05, 0.1) is 21.5 Å². The van der Waals surface area contributed by atoms with Gasteiger partial charge < -0.3 is 5.32 Å². The lowest BCUT2D eigenvalue weighted by Gasteiger charge is -2.06. The molecular weight excluding hydrogens is 361 g/mol. The van der Waals surface area contributed by atoms with Crippen molar-refractivity contribution in [1.29, 1.82) is 5.26 Å². The molecule has 0 atom stereocenters. The number of carbonyl (C=O) groups is 1. The second-order valence-corrected chi connectivity index (χ2v) is 7.41. The number of nitriles is 1. The largest absolute Gasteiger partial charge is 0.347 e. The Morgan fingerprint density at radius 3 is 2.44 bits per heavy atom. The minimum absolute atomic E-state index is 0.200. The van der Waals surface area contributed by atoms with Gasteiger partial charge in [0.15, 0.2) is 0 Å². The van der Waals surface area contributed by atoms with E-state index in [-0.39, 0.29) is 17.6 Å². The Kier molecular flexibility index (Phi) is 5.63. The first-order chi connectivity index (χ1) is 13.0. The Morgan fingerprint density at radius 2 is 1.85 bits per heavy atom. The second kappa shape index (κ2) is 8.11. The summed E-state index contributed by atoms with van der Waals surface area (Å²) in [4.78, 5) is 18.1. The summed E-state index contributed by atoms with van der Waals surface area (Å²) in [6, 6.07) is 15.2. The van der Waals surface area contributed by atoms with Gasteiger partial charge in [-0.2, -0.15) is 5.26 Å². The van der Waals surface area contributed by atoms with Crippen LogP contribution in [0.4, 0.5) is 4.39 Å². The summed E-state index contributed by atoms with van der Waals surface area (Å²) >= 11 is 1.48. The summed E-state index contributed by atoms with van der Waals surface area (Å²) in [5.74, 6) is -0.387. The van der Waals surface area contributed by atoms with E-state index in [9.17, 15) is 9.18 Å². The SMILES string of the molecule is CC(C)c1nc(C(=O)NCc2ccc(F)cc2)c(-c2ccc(C#N)cc2)s1. The van der Waals surface area contributed by atoms with Crippen LogP contribution in [0.5, 0.6) is 0 Å². The molecule has 1 aromatic heterocycles. The second-order valence-electron chi connectivity index (χ2n) is 6.38. The average molecular weight is 379 g/mol. The summed E-state index contributed by atoms with van der Waals surface area (Å²) < 4.78 is 13.0. The van der Waals surface area contributed by atoms with Gasteiger partial charge in [-0.05, 0) is 35.4 Å². The number of hydrogen-bond acceptors (Lipinski definition) is 4. The fourth-order valence-electron chi connectivity index (χ4n) is 2.50. The molecule has 0 radical (unpaired) electrons. The van der Waals surface area contributed by atoms with Gasteiger partial charge in [0.1, 0.15) is 11.5 Å². The maximum Gasteiger partial charge on any atom is 0.271 e. The van der Waals surface area contributed by atoms with E-state index in [4.69, 9.17) is 5.26 Å². The summed E-state index contributed by atoms with van der Waals surface area (Å²) in [7, 11) is 0. The molecule has 3 aromatic rings. The molecule has 0 unspecified atom stereocenters. The van der Waals surface area contributed by atoms with E-state index in [0.29, 0.717) is 17.8 Å². The highest BCUT2D eigenvalue weighted by Crippen LogP contribution is 2.33. The number of rotatable bonds is 5. The van der Waals surface area contributed by atoms with E-state index in [2.05, 4.69) is 16.4 Å². The number of hydrogen-bond donors (Lipinski definition) is 1. The minimum Gasteiger partial charge on any atom is -0.347 e. The average Bonchev–Trinajstić information content (AvgIpc) is 3.13. The molecule has 1 amide bonds. The van der Waals surface area contributed by atoms with E-state index < -0.39 is 0 Å². The zero-order valence-electron chi connectivity index (χ0n) is 15.0. The number of nitrogens with one attached hydrogen (secondary N) is 1. The molecule has 2 aromatic carbocycles. The summed E-state index contributed by atoms with van der Waals surface area (Å²) in [6.07, 6.45) is 0. The first-order valence-corrected chi connectivity index (χ1v) is 9.33. The fraction of sp³-hybridized carbons (Fsp3) is 0.190. The molecule has 0 aliphatic rings. The van der Waals surface area contributed by atoms with Gasteiger partial charge in [-0.3, -0.25) is 4.79 Å². The Labute approximate surface area is 161 Å². The zero-order valence-corrected chi connectivity index (χ0v) is 15.8. The zero-order chi connectivity index (χ0) is 19.4. The van der Waals surface area contributed by atoms with Gasteiger partial charge in [0, 0.05) is 12.5 Å². The number of benzene rings is 2. The van der Waals surface area contributed by atoms with Gasteiger partial charge in [-0.1, -0.05) is 38.1 Å². The van der Waals surface area contributed by atoms with Gasteiger partial charge in [-0.25, -0.2) is 9.37 Å². The quantitative estimate of drug-likeness (QED) is 0.687. The molecule has 3 rings (SSSR count). The normalized spacial score (nSPS) is 10.6. The molecule has 1 heterocycles. The van der Waals surface area contributed by atoms with Crippen LogP contribution in [0, 0.1) is 17.1 Å². The standard InChI is InChI=1S/C21H18FN3OS/c1-13(2)21-25-18(19(27-21)16-7-3-14(11-23)4-8-16)20(26)24-12-15-5-9-17(22)10-6-15/h3-10,13H,12H2,1-2H3,(H,24,26). The number of aromatic nitrogens is 1. The molecular formula is C21H18FN3OS. The minimum atomic E-state index is -0.311. The molecule has 6 heteroatoms. The molecule has 0 bridgehead atoms. The van der Waals surface area contributed by atoms with Gasteiger partial charge in [0.2, 0.25) is 0 Å². The summed E-state index contributed by atoms with van der Waals surface area (Å²) in [5.41, 5.74) is 2.60. The third-order valence-electron chi connectivity index (χ3n) is 4.00. The first kappa shape index (κ1) is 18.7. The molecule has 0 fully saturated rings. The van der Waals surface area contributed by atoms with Crippen molar-refractivity contribution in [3.05, 3.63) is 76.2 Å².